The molecule has 5 heterocycles. The summed E-state index contributed by atoms with van der Waals surface area (Å²) in [6.07, 6.45) is 8.95. The summed E-state index contributed by atoms with van der Waals surface area (Å²) in [5, 5.41) is 13.4. The molecule has 156 valence electrons. The van der Waals surface area contributed by atoms with Gasteiger partial charge in [-0.25, -0.2) is 9.37 Å². The molecular formula is C21H19FN8O. The average molecular weight is 418 g/mol. The molecule has 0 fully saturated rings. The summed E-state index contributed by atoms with van der Waals surface area (Å²) < 4.78 is 21.0. The van der Waals surface area contributed by atoms with E-state index in [2.05, 4.69) is 30.2 Å². The van der Waals surface area contributed by atoms with Gasteiger partial charge in [-0.1, -0.05) is 5.10 Å². The van der Waals surface area contributed by atoms with Gasteiger partial charge >= 0.3 is 6.01 Å². The Morgan fingerprint density at radius 2 is 2.10 bits per heavy atom. The fraction of sp³-hybridized carbons (Fsp3) is 0.190. The maximum Gasteiger partial charge on any atom is 0.323 e. The molecule has 0 atom stereocenters. The molecule has 0 aromatic carbocycles. The molecule has 0 radical (unpaired) electrons. The predicted molar refractivity (Wildman–Crippen MR) is 114 cm³/mol. The largest absolute Gasteiger partial charge is 0.403 e. The van der Waals surface area contributed by atoms with E-state index >= 15 is 0 Å². The zero-order valence-corrected chi connectivity index (χ0v) is 16.9. The minimum Gasteiger partial charge on any atom is -0.403 e. The van der Waals surface area contributed by atoms with Gasteiger partial charge in [-0.15, -0.1) is 5.10 Å². The van der Waals surface area contributed by atoms with Crippen LogP contribution in [0, 0.1) is 6.92 Å². The summed E-state index contributed by atoms with van der Waals surface area (Å²) in [7, 11) is 1.87. The first-order valence-electron chi connectivity index (χ1n) is 9.69. The van der Waals surface area contributed by atoms with E-state index < -0.39 is 6.67 Å². The second-order valence-corrected chi connectivity index (χ2v) is 7.06. The van der Waals surface area contributed by atoms with Gasteiger partial charge in [0.2, 0.25) is 0 Å². The summed E-state index contributed by atoms with van der Waals surface area (Å²) >= 11 is 0. The van der Waals surface area contributed by atoms with Crippen molar-refractivity contribution in [2.75, 3.05) is 18.1 Å². The van der Waals surface area contributed by atoms with Crippen molar-refractivity contribution >= 4 is 22.7 Å². The number of aromatic nitrogens is 7. The first-order chi connectivity index (χ1) is 15.1. The molecule has 1 N–H and O–H groups in total. The van der Waals surface area contributed by atoms with Crippen LogP contribution < -0.4 is 4.90 Å². The van der Waals surface area contributed by atoms with Crippen LogP contribution in [0.4, 0.5) is 16.1 Å². The minimum absolute atomic E-state index is 0.0781. The third kappa shape index (κ3) is 3.41. The number of alkyl halides is 1. The van der Waals surface area contributed by atoms with Gasteiger partial charge < -0.3 is 9.40 Å². The molecular weight excluding hydrogens is 399 g/mol. The van der Waals surface area contributed by atoms with Crippen LogP contribution in [0.15, 0.2) is 53.6 Å². The number of fused-ring (bicyclic) bond motifs is 1. The van der Waals surface area contributed by atoms with E-state index in [1.807, 2.05) is 32.3 Å². The van der Waals surface area contributed by atoms with Crippen LogP contribution in [0.2, 0.25) is 0 Å². The number of nitrogens with one attached hydrogen (secondary N) is 1. The SMILES string of the molecule is Cc1ncccc1N(CCF)c1nnc(-c2c[nH]c3ncc(-c4cnn(C)c4)cc23)o1. The van der Waals surface area contributed by atoms with Crippen LogP contribution >= 0.6 is 0 Å². The molecule has 0 spiro atoms. The lowest BCUT2D eigenvalue weighted by Gasteiger charge is -2.19. The second kappa shape index (κ2) is 7.63. The number of hydrogen-bond donors (Lipinski definition) is 1. The summed E-state index contributed by atoms with van der Waals surface area (Å²) in [5.41, 5.74) is 4.76. The van der Waals surface area contributed by atoms with Gasteiger partial charge in [0.15, 0.2) is 0 Å². The monoisotopic (exact) mass is 418 g/mol. The van der Waals surface area contributed by atoms with Crippen molar-refractivity contribution < 1.29 is 8.81 Å². The predicted octanol–water partition coefficient (Wildman–Crippen LogP) is 3.82. The lowest BCUT2D eigenvalue weighted by Crippen LogP contribution is -2.21. The highest BCUT2D eigenvalue weighted by Gasteiger charge is 2.21. The Balaban J connectivity index is 1.55. The molecule has 31 heavy (non-hydrogen) atoms. The molecule has 0 unspecified atom stereocenters. The number of halogens is 1. The van der Waals surface area contributed by atoms with Gasteiger partial charge in [0, 0.05) is 48.3 Å². The number of nitrogens with zero attached hydrogens (tertiary/aromatic N) is 7. The van der Waals surface area contributed by atoms with Crippen molar-refractivity contribution in [3.05, 3.63) is 54.9 Å². The highest BCUT2D eigenvalue weighted by molar-refractivity contribution is 5.93. The maximum absolute atomic E-state index is 13.3. The van der Waals surface area contributed by atoms with Crippen LogP contribution in [-0.4, -0.2) is 48.1 Å². The van der Waals surface area contributed by atoms with E-state index in [0.717, 1.165) is 33.5 Å². The van der Waals surface area contributed by atoms with E-state index in [1.165, 1.54) is 0 Å². The fourth-order valence-electron chi connectivity index (χ4n) is 3.51. The smallest absolute Gasteiger partial charge is 0.323 e. The third-order valence-corrected chi connectivity index (χ3v) is 5.02. The van der Waals surface area contributed by atoms with Crippen molar-refractivity contribution in [3.8, 4) is 22.6 Å². The van der Waals surface area contributed by atoms with Crippen LogP contribution in [0.25, 0.3) is 33.6 Å². The van der Waals surface area contributed by atoms with Crippen molar-refractivity contribution in [2.24, 2.45) is 7.05 Å². The van der Waals surface area contributed by atoms with E-state index in [4.69, 9.17) is 4.42 Å². The van der Waals surface area contributed by atoms with Crippen LogP contribution in [-0.2, 0) is 7.05 Å². The number of aryl methyl sites for hydroxylation is 2. The summed E-state index contributed by atoms with van der Waals surface area (Å²) in [4.78, 5) is 13.5. The summed E-state index contributed by atoms with van der Waals surface area (Å²) in [5.74, 6) is 0.316. The van der Waals surface area contributed by atoms with E-state index in [1.54, 1.807) is 40.4 Å². The maximum atomic E-state index is 13.3. The van der Waals surface area contributed by atoms with Crippen molar-refractivity contribution in [2.45, 2.75) is 6.92 Å². The molecule has 0 saturated heterocycles. The highest BCUT2D eigenvalue weighted by atomic mass is 19.1. The molecule has 0 bridgehead atoms. The van der Waals surface area contributed by atoms with Gasteiger partial charge in [0.1, 0.15) is 12.3 Å². The lowest BCUT2D eigenvalue weighted by molar-refractivity contribution is 0.484. The Morgan fingerprint density at radius 1 is 1.19 bits per heavy atom. The second-order valence-electron chi connectivity index (χ2n) is 7.06. The van der Waals surface area contributed by atoms with Gasteiger partial charge in [0.25, 0.3) is 5.89 Å². The third-order valence-electron chi connectivity index (χ3n) is 5.02. The Morgan fingerprint density at radius 3 is 2.87 bits per heavy atom. The van der Waals surface area contributed by atoms with Crippen LogP contribution in [0.5, 0.6) is 0 Å². The highest BCUT2D eigenvalue weighted by Crippen LogP contribution is 2.33. The number of rotatable bonds is 6. The molecule has 0 aliphatic heterocycles. The zero-order chi connectivity index (χ0) is 21.4. The van der Waals surface area contributed by atoms with Gasteiger partial charge in [0.05, 0.1) is 29.7 Å². The molecule has 10 heteroatoms. The fourth-order valence-corrected chi connectivity index (χ4v) is 3.51. The van der Waals surface area contributed by atoms with E-state index in [0.29, 0.717) is 11.5 Å². The van der Waals surface area contributed by atoms with Crippen LogP contribution in [0.1, 0.15) is 5.69 Å². The topological polar surface area (TPSA) is 102 Å². The number of H-pyrrole nitrogens is 1. The number of pyridine rings is 2. The molecule has 9 nitrogen and oxygen atoms in total. The summed E-state index contributed by atoms with van der Waals surface area (Å²) in [6, 6.07) is 5.84. The summed E-state index contributed by atoms with van der Waals surface area (Å²) in [6.45, 7) is 1.36. The molecule has 0 aliphatic rings. The molecule has 5 rings (SSSR count). The van der Waals surface area contributed by atoms with Crippen molar-refractivity contribution in [3.63, 3.8) is 0 Å². The number of hydrogen-bond acceptors (Lipinski definition) is 7. The molecule has 0 amide bonds. The first-order valence-corrected chi connectivity index (χ1v) is 9.69. The normalized spacial score (nSPS) is 11.3. The Bertz CT molecular complexity index is 1350. The van der Waals surface area contributed by atoms with Gasteiger partial charge in [-0.3, -0.25) is 14.6 Å². The average Bonchev–Trinajstić information content (AvgIpc) is 3.51. The van der Waals surface area contributed by atoms with Gasteiger partial charge in [-0.05, 0) is 25.1 Å². The van der Waals surface area contributed by atoms with E-state index in [9.17, 15) is 4.39 Å². The molecule has 0 aliphatic carbocycles. The van der Waals surface area contributed by atoms with Crippen molar-refractivity contribution in [1.29, 1.82) is 0 Å². The molecule has 5 aromatic heterocycles. The first kappa shape index (κ1) is 18.9. The molecule has 0 saturated carbocycles. The molecule has 5 aromatic rings. The standard InChI is InChI=1S/C21H19FN8O/c1-13-18(4-3-6-23-13)30(7-5-22)21-28-27-20(31-21)17-11-25-19-16(17)8-14(9-24-19)15-10-26-29(2)12-15/h3-4,6,8-12H,5,7H2,1-2H3,(H,24,25). The van der Waals surface area contributed by atoms with Gasteiger partial charge in [-0.2, -0.15) is 5.10 Å². The quantitative estimate of drug-likeness (QED) is 0.447. The van der Waals surface area contributed by atoms with E-state index in [-0.39, 0.29) is 12.6 Å². The lowest BCUT2D eigenvalue weighted by atomic mass is 10.1. The zero-order valence-electron chi connectivity index (χ0n) is 16.9. The number of aromatic amines is 1. The minimum atomic E-state index is -0.572. The Kier molecular flexibility index (Phi) is 4.66. The number of anilines is 2. The van der Waals surface area contributed by atoms with Crippen molar-refractivity contribution in [1.82, 2.24) is 34.9 Å². The Labute approximate surface area is 176 Å². The Hall–Kier alpha value is -4.08. The van der Waals surface area contributed by atoms with Crippen LogP contribution in [0.3, 0.4) is 0 Å².